The van der Waals surface area contributed by atoms with Gasteiger partial charge in [0.05, 0.1) is 66.3 Å². The van der Waals surface area contributed by atoms with Gasteiger partial charge in [-0.1, -0.05) is 57.9 Å². The Kier molecular flexibility index (Phi) is 18.5. The number of unbranched alkanes of at least 4 members (excludes halogenated alkanes) is 3. The van der Waals surface area contributed by atoms with Gasteiger partial charge in [-0.3, -0.25) is 28.4 Å². The lowest BCUT2D eigenvalue weighted by molar-refractivity contribution is -0.144. The minimum atomic E-state index is -4.45. The second kappa shape index (κ2) is 24.7. The van der Waals surface area contributed by atoms with Crippen molar-refractivity contribution < 1.29 is 51.7 Å². The van der Waals surface area contributed by atoms with E-state index in [1.54, 1.807) is 45.8 Å². The van der Waals surface area contributed by atoms with Crippen molar-refractivity contribution in [1.82, 2.24) is 40.2 Å². The molecule has 0 spiro atoms. The molecule has 20 heteroatoms. The summed E-state index contributed by atoms with van der Waals surface area (Å²) in [6, 6.07) is 16.2. The van der Waals surface area contributed by atoms with Crippen LogP contribution < -0.4 is 16.0 Å². The Morgan fingerprint density at radius 3 is 2.21 bits per heavy atom. The van der Waals surface area contributed by atoms with E-state index in [0.29, 0.717) is 61.9 Å². The van der Waals surface area contributed by atoms with Gasteiger partial charge in [-0.2, -0.15) is 18.3 Å². The molecule has 1 aliphatic rings. The van der Waals surface area contributed by atoms with Crippen LogP contribution >= 0.6 is 11.3 Å². The summed E-state index contributed by atoms with van der Waals surface area (Å²) >= 11 is 1.57. The first kappa shape index (κ1) is 54.6. The fourth-order valence-corrected chi connectivity index (χ4v) is 9.64. The molecule has 1 aliphatic heterocycles. The Morgan fingerprint density at radius 2 is 1.53 bits per heavy atom. The summed E-state index contributed by atoms with van der Waals surface area (Å²) in [7, 11) is 1.76. The second-order valence-corrected chi connectivity index (χ2v) is 20.2. The summed E-state index contributed by atoms with van der Waals surface area (Å²) in [5.74, 6) is -1.29. The Hall–Kier alpha value is -6.19. The highest BCUT2D eigenvalue weighted by atomic mass is 32.1. The second-order valence-electron chi connectivity index (χ2n) is 19.4. The summed E-state index contributed by atoms with van der Waals surface area (Å²) < 4.78 is 59.9. The molecular weight excluding hydrogens is 966 g/mol. The first-order valence-corrected chi connectivity index (χ1v) is 25.5. The standard InChI is InChI=1S/C53H65F3N8O8S/c1-34-46(73-33-59-34)36-13-11-35(12-14-36)30-58-50(68)44-29-40(65)31-63(44)51(69)47(52(2,3)4)60-45(66)10-8-6-7-9-22-70-24-26-72-27-25-71-23-21-57-49(67)37-15-20-43-41(28-37)42-32-62(5)61-48(42)64(43)39-18-16-38(17-19-39)53(54,55)56/h11-20,28,32-33,40,44,47,65H,6-10,21-27,29-31H2,1-5H3,(H,57,67)(H,58,68)(H,60,66)/t40-,44+,47-/m1/s1. The molecule has 0 aliphatic carbocycles. The van der Waals surface area contributed by atoms with Crippen LogP contribution in [0.15, 0.2) is 78.4 Å². The molecule has 1 fully saturated rings. The molecular formula is C53H65F3N8O8S. The molecule has 3 aromatic heterocycles. The van der Waals surface area contributed by atoms with E-state index >= 15 is 0 Å². The van der Waals surface area contributed by atoms with E-state index in [0.717, 1.165) is 63.9 Å². The monoisotopic (exact) mass is 1030 g/mol. The number of β-amino-alcohol motifs (C(OH)–C–C–N with tert-alkyl or cyclic N) is 1. The molecule has 3 atom stereocenters. The number of hydrogen-bond donors (Lipinski definition) is 4. The number of aliphatic hydroxyl groups is 1. The molecule has 392 valence electrons. The molecule has 0 saturated carbocycles. The van der Waals surface area contributed by atoms with Gasteiger partial charge in [-0.15, -0.1) is 11.3 Å². The minimum absolute atomic E-state index is 0.00767. The van der Waals surface area contributed by atoms with E-state index in [9.17, 15) is 37.5 Å². The number of amides is 4. The van der Waals surface area contributed by atoms with E-state index in [4.69, 9.17) is 14.2 Å². The molecule has 3 aromatic carbocycles. The topological polar surface area (TPSA) is 191 Å². The molecule has 4 amide bonds. The van der Waals surface area contributed by atoms with Crippen LogP contribution in [0.5, 0.6) is 0 Å². The normalized spacial score (nSPS) is 15.5. The number of halogens is 3. The number of alkyl halides is 3. The number of nitrogens with one attached hydrogen (secondary N) is 3. The molecule has 4 N–H and O–H groups in total. The van der Waals surface area contributed by atoms with E-state index in [1.165, 1.54) is 17.0 Å². The number of aromatic nitrogens is 4. The van der Waals surface area contributed by atoms with Crippen molar-refractivity contribution in [1.29, 1.82) is 0 Å². The molecule has 4 heterocycles. The highest BCUT2D eigenvalue weighted by Gasteiger charge is 2.44. The van der Waals surface area contributed by atoms with Gasteiger partial charge in [-0.25, -0.2) is 4.98 Å². The molecule has 1 saturated heterocycles. The van der Waals surface area contributed by atoms with Crippen LogP contribution in [-0.4, -0.2) is 124 Å². The van der Waals surface area contributed by atoms with Crippen molar-refractivity contribution in [2.24, 2.45) is 12.5 Å². The third-order valence-electron chi connectivity index (χ3n) is 12.7. The van der Waals surface area contributed by atoms with Crippen LogP contribution in [0.3, 0.4) is 0 Å². The van der Waals surface area contributed by atoms with Crippen LogP contribution in [0.4, 0.5) is 13.2 Å². The third-order valence-corrected chi connectivity index (χ3v) is 13.7. The van der Waals surface area contributed by atoms with Crippen molar-refractivity contribution in [2.75, 3.05) is 52.7 Å². The fraction of sp³-hybridized carbons (Fsp3) is 0.472. The number of carbonyl (C=O) groups excluding carboxylic acids is 4. The van der Waals surface area contributed by atoms with Crippen molar-refractivity contribution in [2.45, 2.75) is 97.1 Å². The van der Waals surface area contributed by atoms with Crippen LogP contribution in [-0.2, 0) is 48.4 Å². The first-order valence-electron chi connectivity index (χ1n) is 24.6. The number of rotatable bonds is 24. The number of thiazole rings is 1. The molecule has 0 unspecified atom stereocenters. The quantitative estimate of drug-likeness (QED) is 0.0442. The lowest BCUT2D eigenvalue weighted by Crippen LogP contribution is -2.57. The Morgan fingerprint density at radius 1 is 0.849 bits per heavy atom. The molecule has 6 aromatic rings. The summed E-state index contributed by atoms with van der Waals surface area (Å²) in [6.45, 7) is 10.4. The third kappa shape index (κ3) is 14.3. The summed E-state index contributed by atoms with van der Waals surface area (Å²) in [5.41, 5.74) is 5.54. The van der Waals surface area contributed by atoms with E-state index in [2.05, 4.69) is 26.0 Å². The highest BCUT2D eigenvalue weighted by molar-refractivity contribution is 7.13. The molecule has 7 rings (SSSR count). The Balaban J connectivity index is 0.723. The van der Waals surface area contributed by atoms with Crippen molar-refractivity contribution in [3.8, 4) is 16.1 Å². The number of hydrogen-bond acceptors (Lipinski definition) is 11. The number of fused-ring (bicyclic) bond motifs is 3. The maximum Gasteiger partial charge on any atom is 0.416 e. The Labute approximate surface area is 426 Å². The number of aryl methyl sites for hydroxylation is 2. The zero-order valence-electron chi connectivity index (χ0n) is 41.9. The van der Waals surface area contributed by atoms with Crippen LogP contribution in [0.25, 0.3) is 38.1 Å². The maximum atomic E-state index is 14.0. The summed E-state index contributed by atoms with van der Waals surface area (Å²) in [4.78, 5) is 60.4. The molecule has 73 heavy (non-hydrogen) atoms. The van der Waals surface area contributed by atoms with Crippen molar-refractivity contribution in [3.05, 3.63) is 101 Å². The van der Waals surface area contributed by atoms with Gasteiger partial charge in [0.2, 0.25) is 17.7 Å². The minimum Gasteiger partial charge on any atom is -0.391 e. The number of aliphatic hydroxyl groups excluding tert-OH is 1. The zero-order valence-corrected chi connectivity index (χ0v) is 42.7. The average Bonchev–Trinajstić information content (AvgIpc) is 4.14. The smallest absolute Gasteiger partial charge is 0.391 e. The summed E-state index contributed by atoms with van der Waals surface area (Å²) in [5, 5.41) is 25.3. The predicted octanol–water partition coefficient (Wildman–Crippen LogP) is 7.51. The number of ether oxygens (including phenoxy) is 3. The lowest BCUT2D eigenvalue weighted by atomic mass is 9.85. The van der Waals surface area contributed by atoms with Crippen LogP contribution in [0.1, 0.15) is 86.5 Å². The van der Waals surface area contributed by atoms with Gasteiger partial charge in [0.1, 0.15) is 12.1 Å². The van der Waals surface area contributed by atoms with Crippen molar-refractivity contribution in [3.63, 3.8) is 0 Å². The van der Waals surface area contributed by atoms with Gasteiger partial charge < -0.3 is 40.2 Å². The number of likely N-dealkylation sites (tertiary alicyclic amines) is 1. The zero-order chi connectivity index (χ0) is 52.3. The van der Waals surface area contributed by atoms with Gasteiger partial charge in [0.15, 0.2) is 5.65 Å². The molecule has 16 nitrogen and oxygen atoms in total. The van der Waals surface area contributed by atoms with Gasteiger partial charge in [0, 0.05) is 74.4 Å². The fourth-order valence-electron chi connectivity index (χ4n) is 8.83. The largest absolute Gasteiger partial charge is 0.416 e. The number of carbonyl (C=O) groups is 4. The average molecular weight is 1030 g/mol. The van der Waals surface area contributed by atoms with Gasteiger partial charge in [0.25, 0.3) is 5.91 Å². The van der Waals surface area contributed by atoms with Crippen molar-refractivity contribution >= 4 is 56.9 Å². The molecule has 0 radical (unpaired) electrons. The van der Waals surface area contributed by atoms with Crippen LogP contribution in [0, 0.1) is 12.3 Å². The van der Waals surface area contributed by atoms with E-state index < -0.39 is 41.2 Å². The SMILES string of the molecule is Cc1ncsc1-c1ccc(CNC(=O)[C@@H]2C[C@@H](O)CN2C(=O)[C@@H](NC(=O)CCCCCCOCCOCCOCCNC(=O)c2ccc3c(c2)c2cn(C)nc2n3-c2ccc(C(F)(F)F)cc2)C(C)(C)C)cc1. The van der Waals surface area contributed by atoms with E-state index in [-0.39, 0.29) is 56.8 Å². The van der Waals surface area contributed by atoms with Gasteiger partial charge in [-0.05, 0) is 78.8 Å². The predicted molar refractivity (Wildman–Crippen MR) is 272 cm³/mol. The first-order chi connectivity index (χ1) is 34.9. The number of benzene rings is 3. The lowest BCUT2D eigenvalue weighted by Gasteiger charge is -2.35. The Bertz CT molecular complexity index is 2820. The summed E-state index contributed by atoms with van der Waals surface area (Å²) in [6.07, 6.45) is -0.0114. The highest BCUT2D eigenvalue weighted by Crippen LogP contribution is 2.35. The van der Waals surface area contributed by atoms with Gasteiger partial charge >= 0.3 is 6.18 Å². The maximum absolute atomic E-state index is 14.0. The molecule has 0 bridgehead atoms. The number of nitrogens with zero attached hydrogens (tertiary/aromatic N) is 5. The van der Waals surface area contributed by atoms with E-state index in [1.807, 2.05) is 63.7 Å². The van der Waals surface area contributed by atoms with Crippen LogP contribution in [0.2, 0.25) is 0 Å².